The van der Waals surface area contributed by atoms with Gasteiger partial charge in [0.15, 0.2) is 0 Å². The van der Waals surface area contributed by atoms with Gasteiger partial charge in [0.2, 0.25) is 5.91 Å². The Bertz CT molecular complexity index is 731. The fourth-order valence-corrected chi connectivity index (χ4v) is 4.12. The number of amides is 1. The molecule has 1 atom stereocenters. The molecule has 5 heteroatoms. The molecule has 1 unspecified atom stereocenters. The smallest absolute Gasteiger partial charge is 0.233 e. The lowest BCUT2D eigenvalue weighted by Crippen LogP contribution is -2.29. The standard InChI is InChI=1S/C19H25N3OS/c1-5-14(13-9-7-6-8-10-13)18(23)20-17-15-11-24-12-16(15)21-22(17)19(2,3)4/h6-10,14H,5,11-12H2,1-4H3,(H,20,23). The van der Waals surface area contributed by atoms with Crippen LogP contribution in [0.5, 0.6) is 0 Å². The number of benzene rings is 1. The number of hydrogen-bond donors (Lipinski definition) is 1. The van der Waals surface area contributed by atoms with Crippen molar-refractivity contribution in [2.24, 2.45) is 0 Å². The summed E-state index contributed by atoms with van der Waals surface area (Å²) in [5, 5.41) is 7.95. The Labute approximate surface area is 148 Å². The number of thioether (sulfide) groups is 1. The first-order valence-electron chi connectivity index (χ1n) is 8.46. The Morgan fingerprint density at radius 3 is 2.62 bits per heavy atom. The van der Waals surface area contributed by atoms with Crippen molar-refractivity contribution in [2.75, 3.05) is 5.32 Å². The zero-order valence-electron chi connectivity index (χ0n) is 14.8. The van der Waals surface area contributed by atoms with Crippen LogP contribution >= 0.6 is 11.8 Å². The molecule has 0 saturated carbocycles. The minimum Gasteiger partial charge on any atom is -0.310 e. The SMILES string of the molecule is CCC(C(=O)Nc1c2c(nn1C(C)(C)C)CSC2)c1ccccc1. The average Bonchev–Trinajstić information content (AvgIpc) is 3.11. The van der Waals surface area contributed by atoms with E-state index >= 15 is 0 Å². The van der Waals surface area contributed by atoms with Crippen LogP contribution in [0.1, 0.15) is 56.9 Å². The Morgan fingerprint density at radius 1 is 1.29 bits per heavy atom. The molecule has 24 heavy (non-hydrogen) atoms. The molecule has 2 heterocycles. The maximum Gasteiger partial charge on any atom is 0.233 e. The molecule has 0 bridgehead atoms. The van der Waals surface area contributed by atoms with Gasteiger partial charge in [-0.2, -0.15) is 16.9 Å². The van der Waals surface area contributed by atoms with E-state index in [0.717, 1.165) is 35.0 Å². The molecule has 4 nitrogen and oxygen atoms in total. The van der Waals surface area contributed by atoms with Crippen LogP contribution in [-0.4, -0.2) is 15.7 Å². The highest BCUT2D eigenvalue weighted by molar-refractivity contribution is 7.98. The lowest BCUT2D eigenvalue weighted by atomic mass is 9.95. The van der Waals surface area contributed by atoms with Gasteiger partial charge < -0.3 is 5.32 Å². The number of aromatic nitrogens is 2. The summed E-state index contributed by atoms with van der Waals surface area (Å²) in [6.45, 7) is 8.41. The maximum atomic E-state index is 13.0. The molecule has 0 fully saturated rings. The van der Waals surface area contributed by atoms with Gasteiger partial charge in [0.05, 0.1) is 17.2 Å². The van der Waals surface area contributed by atoms with Crippen molar-refractivity contribution in [2.45, 2.75) is 57.1 Å². The molecule has 0 aliphatic carbocycles. The molecule has 0 saturated heterocycles. The van der Waals surface area contributed by atoms with Crippen molar-refractivity contribution < 1.29 is 4.79 Å². The number of fused-ring (bicyclic) bond motifs is 1. The highest BCUT2D eigenvalue weighted by Gasteiger charge is 2.30. The van der Waals surface area contributed by atoms with Gasteiger partial charge in [0, 0.05) is 17.1 Å². The first kappa shape index (κ1) is 17.1. The molecule has 3 rings (SSSR count). The van der Waals surface area contributed by atoms with Crippen LogP contribution in [0, 0.1) is 0 Å². The third-order valence-corrected chi connectivity index (χ3v) is 5.33. The second kappa shape index (κ2) is 6.63. The molecule has 1 N–H and O–H groups in total. The summed E-state index contributed by atoms with van der Waals surface area (Å²) >= 11 is 1.85. The quantitative estimate of drug-likeness (QED) is 0.888. The van der Waals surface area contributed by atoms with Crippen LogP contribution in [0.2, 0.25) is 0 Å². The van der Waals surface area contributed by atoms with Crippen molar-refractivity contribution in [3.63, 3.8) is 0 Å². The summed E-state index contributed by atoms with van der Waals surface area (Å²) in [6, 6.07) is 10.00. The van der Waals surface area contributed by atoms with Gasteiger partial charge in [0.25, 0.3) is 0 Å². The molecule has 1 aliphatic rings. The molecule has 1 amide bonds. The Morgan fingerprint density at radius 2 is 2.00 bits per heavy atom. The first-order valence-corrected chi connectivity index (χ1v) is 9.62. The fourth-order valence-electron chi connectivity index (χ4n) is 3.09. The van der Waals surface area contributed by atoms with Gasteiger partial charge in [-0.15, -0.1) is 0 Å². The predicted octanol–water partition coefficient (Wildman–Crippen LogP) is 4.52. The molecule has 2 aromatic rings. The molecular formula is C19H25N3OS. The first-order chi connectivity index (χ1) is 11.4. The van der Waals surface area contributed by atoms with E-state index in [2.05, 4.69) is 33.0 Å². The molecule has 1 aliphatic heterocycles. The van der Waals surface area contributed by atoms with E-state index in [9.17, 15) is 4.79 Å². The summed E-state index contributed by atoms with van der Waals surface area (Å²) < 4.78 is 1.98. The van der Waals surface area contributed by atoms with Crippen LogP contribution in [-0.2, 0) is 21.8 Å². The second-order valence-electron chi connectivity index (χ2n) is 7.21. The molecule has 1 aromatic heterocycles. The van der Waals surface area contributed by atoms with Crippen LogP contribution < -0.4 is 5.32 Å². The Balaban J connectivity index is 1.92. The average molecular weight is 343 g/mol. The van der Waals surface area contributed by atoms with E-state index in [1.165, 1.54) is 5.56 Å². The normalized spacial score (nSPS) is 15.2. The van der Waals surface area contributed by atoms with E-state index < -0.39 is 0 Å². The summed E-state index contributed by atoms with van der Waals surface area (Å²) in [7, 11) is 0. The Hall–Kier alpha value is -1.75. The monoisotopic (exact) mass is 343 g/mol. The van der Waals surface area contributed by atoms with E-state index in [4.69, 9.17) is 5.10 Å². The van der Waals surface area contributed by atoms with E-state index in [-0.39, 0.29) is 17.4 Å². The lowest BCUT2D eigenvalue weighted by Gasteiger charge is -2.24. The minimum atomic E-state index is -0.161. The van der Waals surface area contributed by atoms with Crippen molar-refractivity contribution >= 4 is 23.5 Å². The molecule has 0 radical (unpaired) electrons. The summed E-state index contributed by atoms with van der Waals surface area (Å²) in [5.74, 6) is 2.63. The van der Waals surface area contributed by atoms with E-state index in [1.807, 2.05) is 46.8 Å². The molecular weight excluding hydrogens is 318 g/mol. The summed E-state index contributed by atoms with van der Waals surface area (Å²) in [6.07, 6.45) is 0.774. The highest BCUT2D eigenvalue weighted by atomic mass is 32.2. The van der Waals surface area contributed by atoms with Crippen molar-refractivity contribution in [3.8, 4) is 0 Å². The number of nitrogens with one attached hydrogen (secondary N) is 1. The van der Waals surface area contributed by atoms with E-state index in [0.29, 0.717) is 0 Å². The van der Waals surface area contributed by atoms with Crippen molar-refractivity contribution in [1.29, 1.82) is 0 Å². The van der Waals surface area contributed by atoms with Gasteiger partial charge in [-0.25, -0.2) is 4.68 Å². The number of anilines is 1. The van der Waals surface area contributed by atoms with Crippen LogP contribution in [0.3, 0.4) is 0 Å². The van der Waals surface area contributed by atoms with E-state index in [1.54, 1.807) is 0 Å². The number of carbonyl (C=O) groups is 1. The molecule has 128 valence electrons. The van der Waals surface area contributed by atoms with Crippen molar-refractivity contribution in [1.82, 2.24) is 9.78 Å². The van der Waals surface area contributed by atoms with Gasteiger partial charge in [0.1, 0.15) is 5.82 Å². The summed E-state index contributed by atoms with van der Waals surface area (Å²) in [4.78, 5) is 13.0. The minimum absolute atomic E-state index is 0.0498. The van der Waals surface area contributed by atoms with Crippen LogP contribution in [0.15, 0.2) is 30.3 Å². The predicted molar refractivity (Wildman–Crippen MR) is 100 cm³/mol. The molecule has 1 aromatic carbocycles. The van der Waals surface area contributed by atoms with Gasteiger partial charge in [-0.3, -0.25) is 4.79 Å². The fraction of sp³-hybridized carbons (Fsp3) is 0.474. The number of hydrogen-bond acceptors (Lipinski definition) is 3. The topological polar surface area (TPSA) is 46.9 Å². The van der Waals surface area contributed by atoms with Gasteiger partial charge in [-0.1, -0.05) is 37.3 Å². The van der Waals surface area contributed by atoms with Gasteiger partial charge >= 0.3 is 0 Å². The summed E-state index contributed by atoms with van der Waals surface area (Å²) in [5.41, 5.74) is 3.20. The van der Waals surface area contributed by atoms with Crippen LogP contribution in [0.25, 0.3) is 0 Å². The lowest BCUT2D eigenvalue weighted by molar-refractivity contribution is -0.117. The number of rotatable bonds is 4. The third kappa shape index (κ3) is 3.22. The van der Waals surface area contributed by atoms with Crippen molar-refractivity contribution in [3.05, 3.63) is 47.2 Å². The largest absolute Gasteiger partial charge is 0.310 e. The van der Waals surface area contributed by atoms with Gasteiger partial charge in [-0.05, 0) is 32.8 Å². The Kier molecular flexibility index (Phi) is 4.72. The highest BCUT2D eigenvalue weighted by Crippen LogP contribution is 2.37. The second-order valence-corrected chi connectivity index (χ2v) is 8.20. The molecule has 0 spiro atoms. The number of carbonyl (C=O) groups excluding carboxylic acids is 1. The maximum absolute atomic E-state index is 13.0. The number of nitrogens with zero attached hydrogens (tertiary/aromatic N) is 2. The zero-order valence-corrected chi connectivity index (χ0v) is 15.6. The van der Waals surface area contributed by atoms with Crippen LogP contribution in [0.4, 0.5) is 5.82 Å². The zero-order chi connectivity index (χ0) is 17.3. The third-order valence-electron chi connectivity index (χ3n) is 4.36.